The molecule has 0 aliphatic rings. The fourth-order valence-electron chi connectivity index (χ4n) is 3.13. The Morgan fingerprint density at radius 1 is 0.794 bits per heavy atom. The van der Waals surface area contributed by atoms with Gasteiger partial charge in [0.25, 0.3) is 0 Å². The molecule has 0 fully saturated rings. The van der Waals surface area contributed by atoms with Crippen LogP contribution in [0.15, 0.2) is 73.1 Å². The molecule has 0 atom stereocenters. The number of ether oxygens (including phenoxy) is 3. The summed E-state index contributed by atoms with van der Waals surface area (Å²) in [6, 6.07) is 19.2. The summed E-state index contributed by atoms with van der Waals surface area (Å²) < 4.78 is 18.1. The summed E-state index contributed by atoms with van der Waals surface area (Å²) in [7, 11) is 4.48. The Bertz CT molecular complexity index is 1200. The molecule has 2 aromatic heterocycles. The van der Waals surface area contributed by atoms with Gasteiger partial charge in [-0.25, -0.2) is 14.2 Å². The zero-order chi connectivity index (χ0) is 24.3. The minimum absolute atomic E-state index is 0.268. The molecule has 0 N–H and O–H groups in total. The molecule has 0 saturated heterocycles. The lowest BCUT2D eigenvalue weighted by atomic mass is 10.2. The number of carbonyl (C=O) groups is 2. The Kier molecular flexibility index (Phi) is 8.84. The van der Waals surface area contributed by atoms with Gasteiger partial charge in [0.15, 0.2) is 6.29 Å². The number of aldehydes is 1. The molecular formula is C25H26N4O5. The van der Waals surface area contributed by atoms with Crippen molar-refractivity contribution in [3.8, 4) is 11.4 Å². The van der Waals surface area contributed by atoms with Crippen molar-refractivity contribution in [1.29, 1.82) is 0 Å². The van der Waals surface area contributed by atoms with Crippen LogP contribution in [-0.2, 0) is 27.4 Å². The molecule has 2 heterocycles. The monoisotopic (exact) mass is 462 g/mol. The second-order valence-corrected chi connectivity index (χ2v) is 7.06. The SMILES string of the molecule is COCc1nn(-c2ccccc2)cc1C(=O)OC.COCc1nn(-c2ccccc2)cc1C=O. The molecule has 9 nitrogen and oxygen atoms in total. The van der Waals surface area contributed by atoms with Gasteiger partial charge in [0.2, 0.25) is 0 Å². The number of nitrogens with zero attached hydrogens (tertiary/aromatic N) is 4. The molecule has 34 heavy (non-hydrogen) atoms. The lowest BCUT2D eigenvalue weighted by molar-refractivity contribution is 0.0595. The fraction of sp³-hybridized carbons (Fsp3) is 0.200. The van der Waals surface area contributed by atoms with Gasteiger partial charge in [0.1, 0.15) is 11.3 Å². The molecule has 2 aromatic carbocycles. The summed E-state index contributed by atoms with van der Waals surface area (Å²) in [5, 5.41) is 8.63. The van der Waals surface area contributed by atoms with Crippen LogP contribution in [0.1, 0.15) is 32.1 Å². The van der Waals surface area contributed by atoms with Gasteiger partial charge in [-0.3, -0.25) is 4.79 Å². The maximum Gasteiger partial charge on any atom is 0.341 e. The van der Waals surface area contributed by atoms with Crippen LogP contribution in [0.3, 0.4) is 0 Å². The number of hydrogen-bond donors (Lipinski definition) is 0. The second kappa shape index (κ2) is 12.2. The average Bonchev–Trinajstić information content (AvgIpc) is 3.50. The molecule has 9 heteroatoms. The topological polar surface area (TPSA) is 97.5 Å². The maximum absolute atomic E-state index is 11.6. The van der Waals surface area contributed by atoms with Crippen molar-refractivity contribution in [2.24, 2.45) is 0 Å². The van der Waals surface area contributed by atoms with Gasteiger partial charge in [-0.05, 0) is 24.3 Å². The number of rotatable bonds is 8. The average molecular weight is 463 g/mol. The Morgan fingerprint density at radius 2 is 1.29 bits per heavy atom. The maximum atomic E-state index is 11.6. The van der Waals surface area contributed by atoms with Crippen LogP contribution < -0.4 is 0 Å². The quantitative estimate of drug-likeness (QED) is 0.291. The predicted molar refractivity (Wildman–Crippen MR) is 125 cm³/mol. The standard InChI is InChI=1S/C13H14N2O3.C12H12N2O2/c1-17-9-12-11(13(16)18-2)8-15(14-12)10-6-4-3-5-7-10;1-16-9-12-10(8-15)7-14(13-12)11-5-3-2-4-6-11/h3-8H,9H2,1-2H3;2-8H,9H2,1H3. The van der Waals surface area contributed by atoms with Crippen molar-refractivity contribution < 1.29 is 23.8 Å². The highest BCUT2D eigenvalue weighted by molar-refractivity contribution is 5.90. The lowest BCUT2D eigenvalue weighted by Crippen LogP contribution is -2.04. The van der Waals surface area contributed by atoms with E-state index in [2.05, 4.69) is 10.2 Å². The van der Waals surface area contributed by atoms with Gasteiger partial charge < -0.3 is 14.2 Å². The van der Waals surface area contributed by atoms with Crippen LogP contribution in [0, 0.1) is 0 Å². The summed E-state index contributed by atoms with van der Waals surface area (Å²) in [6.45, 7) is 0.609. The van der Waals surface area contributed by atoms with Crippen molar-refractivity contribution >= 4 is 12.3 Å². The molecule has 4 aromatic rings. The summed E-state index contributed by atoms with van der Waals surface area (Å²) in [6.07, 6.45) is 4.15. The molecule has 0 bridgehead atoms. The first-order valence-electron chi connectivity index (χ1n) is 10.4. The number of para-hydroxylation sites is 2. The van der Waals surface area contributed by atoms with Crippen molar-refractivity contribution in [3.63, 3.8) is 0 Å². The zero-order valence-corrected chi connectivity index (χ0v) is 19.2. The molecule has 176 valence electrons. The van der Waals surface area contributed by atoms with E-state index < -0.39 is 5.97 Å². The van der Waals surface area contributed by atoms with Gasteiger partial charge in [-0.2, -0.15) is 10.2 Å². The molecule has 0 unspecified atom stereocenters. The first-order chi connectivity index (χ1) is 16.6. The number of hydrogen-bond acceptors (Lipinski definition) is 7. The largest absolute Gasteiger partial charge is 0.465 e. The van der Waals surface area contributed by atoms with Crippen LogP contribution >= 0.6 is 0 Å². The Morgan fingerprint density at radius 3 is 1.79 bits per heavy atom. The van der Waals surface area contributed by atoms with Gasteiger partial charge in [-0.15, -0.1) is 0 Å². The van der Waals surface area contributed by atoms with Crippen LogP contribution in [0.25, 0.3) is 11.4 Å². The third-order valence-corrected chi connectivity index (χ3v) is 4.75. The lowest BCUT2D eigenvalue weighted by Gasteiger charge is -1.99. The number of benzene rings is 2. The van der Waals surface area contributed by atoms with E-state index >= 15 is 0 Å². The Hall–Kier alpha value is -4.08. The van der Waals surface area contributed by atoms with Crippen molar-refractivity contribution in [1.82, 2.24) is 19.6 Å². The molecule has 4 rings (SSSR count). The highest BCUT2D eigenvalue weighted by atomic mass is 16.5. The van der Waals surface area contributed by atoms with Crippen molar-refractivity contribution in [2.75, 3.05) is 21.3 Å². The smallest absolute Gasteiger partial charge is 0.341 e. The van der Waals surface area contributed by atoms with E-state index in [0.29, 0.717) is 29.1 Å². The molecule has 0 radical (unpaired) electrons. The Balaban J connectivity index is 0.000000192. The van der Waals surface area contributed by atoms with E-state index in [1.165, 1.54) is 7.11 Å². The minimum Gasteiger partial charge on any atom is -0.465 e. The number of esters is 1. The summed E-state index contributed by atoms with van der Waals surface area (Å²) >= 11 is 0. The third kappa shape index (κ3) is 6.03. The van der Waals surface area contributed by atoms with Gasteiger partial charge in [-0.1, -0.05) is 36.4 Å². The molecule has 0 amide bonds. The van der Waals surface area contributed by atoms with Gasteiger partial charge >= 0.3 is 5.97 Å². The summed E-state index contributed by atoms with van der Waals surface area (Å²) in [5.74, 6) is -0.413. The van der Waals surface area contributed by atoms with E-state index in [9.17, 15) is 9.59 Å². The number of aromatic nitrogens is 4. The third-order valence-electron chi connectivity index (χ3n) is 4.75. The second-order valence-electron chi connectivity index (χ2n) is 7.06. The predicted octanol–water partition coefficient (Wildman–Crippen LogP) is 3.64. The first kappa shape index (κ1) is 24.6. The van der Waals surface area contributed by atoms with Crippen molar-refractivity contribution in [3.05, 3.63) is 95.6 Å². The zero-order valence-electron chi connectivity index (χ0n) is 19.2. The van der Waals surface area contributed by atoms with Gasteiger partial charge in [0.05, 0.1) is 43.0 Å². The van der Waals surface area contributed by atoms with E-state index in [1.807, 2.05) is 60.7 Å². The van der Waals surface area contributed by atoms with Crippen LogP contribution in [0.4, 0.5) is 0 Å². The summed E-state index contributed by atoms with van der Waals surface area (Å²) in [5.41, 5.74) is 4.00. The van der Waals surface area contributed by atoms with E-state index in [1.54, 1.807) is 36.0 Å². The van der Waals surface area contributed by atoms with Crippen molar-refractivity contribution in [2.45, 2.75) is 13.2 Å². The van der Waals surface area contributed by atoms with Crippen LogP contribution in [0.5, 0.6) is 0 Å². The van der Waals surface area contributed by atoms with Gasteiger partial charge in [0, 0.05) is 26.6 Å². The number of methoxy groups -OCH3 is 3. The van der Waals surface area contributed by atoms with Crippen LogP contribution in [0.2, 0.25) is 0 Å². The normalized spacial score (nSPS) is 10.3. The summed E-state index contributed by atoms with van der Waals surface area (Å²) in [4.78, 5) is 22.5. The molecule has 0 aliphatic carbocycles. The van der Waals surface area contributed by atoms with E-state index in [4.69, 9.17) is 14.2 Å². The molecular weight excluding hydrogens is 436 g/mol. The number of carbonyl (C=O) groups excluding carboxylic acids is 2. The molecule has 0 spiro atoms. The van der Waals surface area contributed by atoms with E-state index in [0.717, 1.165) is 17.7 Å². The molecule has 0 saturated carbocycles. The highest BCUT2D eigenvalue weighted by Gasteiger charge is 2.17. The van der Waals surface area contributed by atoms with Crippen LogP contribution in [-0.4, -0.2) is 53.1 Å². The molecule has 0 aliphatic heterocycles. The fourth-order valence-corrected chi connectivity index (χ4v) is 3.13. The first-order valence-corrected chi connectivity index (χ1v) is 10.4. The Labute approximate surface area is 197 Å². The highest BCUT2D eigenvalue weighted by Crippen LogP contribution is 2.14. The minimum atomic E-state index is -0.413. The van der Waals surface area contributed by atoms with E-state index in [-0.39, 0.29) is 6.61 Å².